The fraction of sp³-hybridized carbons (Fsp3) is 0.480. The van der Waals surface area contributed by atoms with E-state index in [9.17, 15) is 27.6 Å². The number of nitrogens with one attached hydrogen (secondary N) is 2. The fourth-order valence-corrected chi connectivity index (χ4v) is 5.56. The number of carbonyl (C=O) groups is 3. The van der Waals surface area contributed by atoms with E-state index in [0.29, 0.717) is 15.8 Å². The van der Waals surface area contributed by atoms with Gasteiger partial charge in [0.25, 0.3) is 11.8 Å². The van der Waals surface area contributed by atoms with Crippen LogP contribution in [0.1, 0.15) is 41.4 Å². The molecule has 1 aliphatic heterocycles. The van der Waals surface area contributed by atoms with Crippen molar-refractivity contribution in [3.8, 4) is 0 Å². The van der Waals surface area contributed by atoms with Crippen LogP contribution in [0.4, 0.5) is 24.5 Å². The molecule has 1 aromatic heterocycles. The Morgan fingerprint density at radius 3 is 2.61 bits per heavy atom. The van der Waals surface area contributed by atoms with Crippen LogP contribution < -0.4 is 15.5 Å². The molecule has 2 N–H and O–H groups in total. The second kappa shape index (κ2) is 12.0. The Bertz CT molecular complexity index is 1190. The first-order valence-corrected chi connectivity index (χ1v) is 13.5. The van der Waals surface area contributed by atoms with Gasteiger partial charge in [-0.1, -0.05) is 24.9 Å². The Hall–Kier alpha value is -2.67. The molecule has 2 aliphatic rings. The Morgan fingerprint density at radius 1 is 1.26 bits per heavy atom. The van der Waals surface area contributed by atoms with E-state index in [1.165, 1.54) is 12.1 Å². The zero-order chi connectivity index (χ0) is 27.4. The van der Waals surface area contributed by atoms with Crippen molar-refractivity contribution in [2.24, 2.45) is 0 Å². The summed E-state index contributed by atoms with van der Waals surface area (Å²) in [4.78, 5) is 41.6. The maximum Gasteiger partial charge on any atom is 0.418 e. The number of thiophene rings is 1. The first kappa shape index (κ1) is 28.3. The predicted molar refractivity (Wildman–Crippen MR) is 139 cm³/mol. The predicted octanol–water partition coefficient (Wildman–Crippen LogP) is 4.40. The van der Waals surface area contributed by atoms with E-state index in [1.54, 1.807) is 12.1 Å². The Balaban J connectivity index is 1.55. The lowest BCUT2D eigenvalue weighted by atomic mass is 9.90. The molecule has 2 aromatic rings. The second-order valence-electron chi connectivity index (χ2n) is 9.06. The van der Waals surface area contributed by atoms with Gasteiger partial charge in [-0.25, -0.2) is 0 Å². The topological polar surface area (TPSA) is 91.0 Å². The molecule has 13 heteroatoms. The zero-order valence-corrected chi connectivity index (χ0v) is 22.2. The summed E-state index contributed by atoms with van der Waals surface area (Å²) in [6, 6.07) is 5.88. The number of hydrogen-bond donors (Lipinski definition) is 2. The van der Waals surface area contributed by atoms with E-state index >= 15 is 0 Å². The maximum atomic E-state index is 14.0. The van der Waals surface area contributed by atoms with Gasteiger partial charge in [0, 0.05) is 24.8 Å². The van der Waals surface area contributed by atoms with Gasteiger partial charge in [0.15, 0.2) is 0 Å². The summed E-state index contributed by atoms with van der Waals surface area (Å²) in [5.74, 6) is -1.49. The van der Waals surface area contributed by atoms with Crippen LogP contribution in [0.3, 0.4) is 0 Å². The molecule has 2 fully saturated rings. The molecular formula is C25H28ClF3N4O4S. The highest BCUT2D eigenvalue weighted by molar-refractivity contribution is 7.18. The minimum absolute atomic E-state index is 0.00229. The monoisotopic (exact) mass is 572 g/mol. The number of morpholine rings is 1. The normalized spacial score (nSPS) is 17.3. The molecular weight excluding hydrogens is 545 g/mol. The van der Waals surface area contributed by atoms with Gasteiger partial charge >= 0.3 is 6.18 Å². The molecule has 0 unspecified atom stereocenters. The molecule has 0 spiro atoms. The minimum Gasteiger partial charge on any atom is -0.370 e. The number of alkyl halides is 3. The van der Waals surface area contributed by atoms with Crippen molar-refractivity contribution in [3.63, 3.8) is 0 Å². The van der Waals surface area contributed by atoms with Crippen molar-refractivity contribution in [2.75, 3.05) is 43.1 Å². The highest BCUT2D eigenvalue weighted by atomic mass is 35.5. The van der Waals surface area contributed by atoms with Crippen LogP contribution >= 0.6 is 22.9 Å². The van der Waals surface area contributed by atoms with Crippen LogP contribution in [0.2, 0.25) is 4.34 Å². The Kier molecular flexibility index (Phi) is 8.96. The molecule has 3 amide bonds. The quantitative estimate of drug-likeness (QED) is 0.465. The van der Waals surface area contributed by atoms with Gasteiger partial charge in [0.2, 0.25) is 5.91 Å². The number of nitrogens with zero attached hydrogens (tertiary/aromatic N) is 2. The third-order valence-corrected chi connectivity index (χ3v) is 7.94. The van der Waals surface area contributed by atoms with E-state index < -0.39 is 29.6 Å². The summed E-state index contributed by atoms with van der Waals surface area (Å²) in [6.07, 6.45) is -1.95. The molecule has 1 aromatic carbocycles. The summed E-state index contributed by atoms with van der Waals surface area (Å²) >= 11 is 7.03. The van der Waals surface area contributed by atoms with Gasteiger partial charge in [0.1, 0.15) is 12.6 Å². The van der Waals surface area contributed by atoms with Gasteiger partial charge in [-0.2, -0.15) is 13.2 Å². The minimum atomic E-state index is -4.76. The average Bonchev–Trinajstić information content (AvgIpc) is 3.28. The van der Waals surface area contributed by atoms with E-state index in [4.69, 9.17) is 16.3 Å². The summed E-state index contributed by atoms with van der Waals surface area (Å²) in [5, 5.41) is 5.37. The highest BCUT2D eigenvalue weighted by Gasteiger charge is 2.38. The molecule has 206 valence electrons. The Labute approximate surface area is 227 Å². The second-order valence-corrected chi connectivity index (χ2v) is 10.8. The number of likely N-dealkylation sites (N-methyl/N-ethyl adjacent to an activating group) is 1. The Morgan fingerprint density at radius 2 is 2.03 bits per heavy atom. The van der Waals surface area contributed by atoms with Crippen molar-refractivity contribution in [1.82, 2.24) is 10.2 Å². The number of ether oxygens (including phenoxy) is 1. The van der Waals surface area contributed by atoms with Crippen LogP contribution in [0.15, 0.2) is 30.3 Å². The number of halogens is 4. The van der Waals surface area contributed by atoms with Crippen molar-refractivity contribution >= 4 is 52.0 Å². The number of carbonyl (C=O) groups excluding carboxylic acids is 3. The van der Waals surface area contributed by atoms with Crippen LogP contribution in [0, 0.1) is 0 Å². The number of anilines is 2. The molecule has 0 bridgehead atoms. The zero-order valence-electron chi connectivity index (χ0n) is 20.6. The summed E-state index contributed by atoms with van der Waals surface area (Å²) < 4.78 is 47.4. The van der Waals surface area contributed by atoms with Crippen LogP contribution in [-0.4, -0.2) is 67.6 Å². The van der Waals surface area contributed by atoms with Crippen molar-refractivity contribution < 1.29 is 32.3 Å². The van der Waals surface area contributed by atoms with E-state index in [2.05, 4.69) is 10.6 Å². The first-order valence-electron chi connectivity index (χ1n) is 12.3. The van der Waals surface area contributed by atoms with E-state index in [-0.39, 0.29) is 49.6 Å². The van der Waals surface area contributed by atoms with Crippen LogP contribution in [0.25, 0.3) is 0 Å². The van der Waals surface area contributed by atoms with Crippen molar-refractivity contribution in [2.45, 2.75) is 44.4 Å². The van der Waals surface area contributed by atoms with Gasteiger partial charge in [0.05, 0.1) is 27.1 Å². The maximum absolute atomic E-state index is 14.0. The SMILES string of the molecule is CCN(C1CCC1)[C@@H](CNC(=O)c1ccc(Cl)s1)C(=O)Nc1ccc(N2CCOCC2=O)c(C(F)(F)F)c1. The van der Waals surface area contributed by atoms with Gasteiger partial charge in [-0.3, -0.25) is 19.3 Å². The first-order chi connectivity index (χ1) is 18.1. The molecule has 0 radical (unpaired) electrons. The lowest BCUT2D eigenvalue weighted by molar-refractivity contribution is -0.137. The fourth-order valence-electron chi connectivity index (χ4n) is 4.60. The standard InChI is InChI=1S/C25H28ClF3N4O4S/c1-2-32(16-4-3-5-16)19(13-30-24(36)20-8-9-21(26)38-20)23(35)31-15-6-7-18(17(12-15)25(27,28)29)33-10-11-37-14-22(33)34/h6-9,12,16,19H,2-5,10-11,13-14H2,1H3,(H,30,36)(H,31,35)/t19-/m0/s1. The number of rotatable bonds is 9. The molecule has 1 saturated carbocycles. The third kappa shape index (κ3) is 6.48. The third-order valence-electron chi connectivity index (χ3n) is 6.71. The molecule has 2 heterocycles. The molecule has 1 atom stereocenters. The van der Waals surface area contributed by atoms with Crippen LogP contribution in [0.5, 0.6) is 0 Å². The lowest BCUT2D eigenvalue weighted by Crippen LogP contribution is -2.56. The van der Waals surface area contributed by atoms with E-state index in [0.717, 1.165) is 41.6 Å². The largest absolute Gasteiger partial charge is 0.418 e. The highest BCUT2D eigenvalue weighted by Crippen LogP contribution is 2.39. The van der Waals surface area contributed by atoms with Gasteiger partial charge in [-0.15, -0.1) is 11.3 Å². The molecule has 38 heavy (non-hydrogen) atoms. The summed E-state index contributed by atoms with van der Waals surface area (Å²) in [7, 11) is 0. The molecule has 1 saturated heterocycles. The number of hydrogen-bond acceptors (Lipinski definition) is 6. The number of benzene rings is 1. The van der Waals surface area contributed by atoms with Crippen molar-refractivity contribution in [3.05, 3.63) is 45.1 Å². The smallest absolute Gasteiger partial charge is 0.370 e. The van der Waals surface area contributed by atoms with Crippen molar-refractivity contribution in [1.29, 1.82) is 0 Å². The summed E-state index contributed by atoms with van der Waals surface area (Å²) in [6.45, 7) is 2.22. The van der Waals surface area contributed by atoms with Gasteiger partial charge in [-0.05, 0) is 49.7 Å². The average molecular weight is 573 g/mol. The molecule has 1 aliphatic carbocycles. The molecule has 4 rings (SSSR count). The number of amides is 3. The van der Waals surface area contributed by atoms with Gasteiger partial charge < -0.3 is 20.3 Å². The summed E-state index contributed by atoms with van der Waals surface area (Å²) in [5.41, 5.74) is -1.37. The van der Waals surface area contributed by atoms with Crippen LogP contribution in [-0.2, 0) is 20.5 Å². The molecule has 8 nitrogen and oxygen atoms in total. The van der Waals surface area contributed by atoms with E-state index in [1.807, 2.05) is 11.8 Å². The lowest BCUT2D eigenvalue weighted by Gasteiger charge is -2.41.